The molecule has 0 radical (unpaired) electrons. The molecular formula is C16H25N7O2S. The predicted octanol–water partition coefficient (Wildman–Crippen LogP) is 0.120. The monoisotopic (exact) mass is 379 g/mol. The van der Waals surface area contributed by atoms with E-state index in [1.807, 2.05) is 26.1 Å². The minimum Gasteiger partial charge on any atom is -0.357 e. The molecule has 1 aromatic heterocycles. The molecule has 0 saturated heterocycles. The van der Waals surface area contributed by atoms with Crippen LogP contribution in [0, 0.1) is 0 Å². The Balaban J connectivity index is 1.96. The van der Waals surface area contributed by atoms with Gasteiger partial charge in [0.25, 0.3) is 0 Å². The Morgan fingerprint density at radius 2 is 1.88 bits per heavy atom. The van der Waals surface area contributed by atoms with Crippen LogP contribution in [-0.4, -0.2) is 42.7 Å². The number of aryl methyl sites for hydroxylation is 1. The van der Waals surface area contributed by atoms with Gasteiger partial charge in [-0.15, -0.1) is 0 Å². The SMILES string of the molecule is CCNC(=NCc1ccc(CS(=O)(=O)NC)cc1)NCc1ncnn1C. The van der Waals surface area contributed by atoms with Crippen LogP contribution in [0.1, 0.15) is 23.9 Å². The number of nitrogens with zero attached hydrogens (tertiary/aromatic N) is 4. The van der Waals surface area contributed by atoms with E-state index in [4.69, 9.17) is 0 Å². The summed E-state index contributed by atoms with van der Waals surface area (Å²) in [7, 11) is -0.0129. The van der Waals surface area contributed by atoms with Crippen molar-refractivity contribution < 1.29 is 8.42 Å². The zero-order valence-corrected chi connectivity index (χ0v) is 16.0. The van der Waals surface area contributed by atoms with Crippen LogP contribution in [0.4, 0.5) is 0 Å². The molecule has 0 unspecified atom stereocenters. The highest BCUT2D eigenvalue weighted by Crippen LogP contribution is 2.08. The lowest BCUT2D eigenvalue weighted by Gasteiger charge is -2.11. The maximum atomic E-state index is 11.6. The summed E-state index contributed by atoms with van der Waals surface area (Å²) in [4.78, 5) is 8.70. The Bertz CT molecular complexity index is 829. The van der Waals surface area contributed by atoms with E-state index in [0.717, 1.165) is 23.5 Å². The van der Waals surface area contributed by atoms with Crippen LogP contribution in [0.3, 0.4) is 0 Å². The molecule has 0 amide bonds. The molecule has 10 heteroatoms. The summed E-state index contributed by atoms with van der Waals surface area (Å²) in [6.07, 6.45) is 1.51. The van der Waals surface area contributed by atoms with Crippen molar-refractivity contribution in [1.82, 2.24) is 30.1 Å². The fourth-order valence-electron chi connectivity index (χ4n) is 2.19. The Morgan fingerprint density at radius 3 is 2.46 bits per heavy atom. The molecule has 0 bridgehead atoms. The minimum atomic E-state index is -3.26. The number of nitrogens with one attached hydrogen (secondary N) is 3. The van der Waals surface area contributed by atoms with Crippen LogP contribution in [0.25, 0.3) is 0 Å². The first-order valence-electron chi connectivity index (χ1n) is 8.27. The molecule has 3 N–H and O–H groups in total. The molecule has 0 aliphatic rings. The lowest BCUT2D eigenvalue weighted by Crippen LogP contribution is -2.37. The van der Waals surface area contributed by atoms with Gasteiger partial charge in [-0.05, 0) is 25.1 Å². The molecule has 1 heterocycles. The maximum absolute atomic E-state index is 11.6. The number of rotatable bonds is 8. The largest absolute Gasteiger partial charge is 0.357 e. The van der Waals surface area contributed by atoms with Crippen LogP contribution >= 0.6 is 0 Å². The highest BCUT2D eigenvalue weighted by molar-refractivity contribution is 7.88. The zero-order valence-electron chi connectivity index (χ0n) is 15.2. The zero-order chi connectivity index (χ0) is 19.0. The summed E-state index contributed by atoms with van der Waals surface area (Å²) < 4.78 is 27.2. The highest BCUT2D eigenvalue weighted by atomic mass is 32.2. The molecule has 0 aliphatic carbocycles. The molecule has 0 fully saturated rings. The summed E-state index contributed by atoms with van der Waals surface area (Å²) in [5, 5.41) is 10.4. The first-order valence-corrected chi connectivity index (χ1v) is 9.93. The van der Waals surface area contributed by atoms with Gasteiger partial charge in [0.15, 0.2) is 5.96 Å². The van der Waals surface area contributed by atoms with Crippen LogP contribution in [0.5, 0.6) is 0 Å². The third kappa shape index (κ3) is 6.12. The third-order valence-electron chi connectivity index (χ3n) is 3.67. The lowest BCUT2D eigenvalue weighted by molar-refractivity contribution is 0.587. The maximum Gasteiger partial charge on any atom is 0.215 e. The van der Waals surface area contributed by atoms with Gasteiger partial charge in [0.05, 0.1) is 18.8 Å². The van der Waals surface area contributed by atoms with E-state index < -0.39 is 10.0 Å². The number of hydrogen-bond acceptors (Lipinski definition) is 5. The minimum absolute atomic E-state index is 0.0328. The van der Waals surface area contributed by atoms with Gasteiger partial charge in [-0.2, -0.15) is 5.10 Å². The second-order valence-electron chi connectivity index (χ2n) is 5.63. The smallest absolute Gasteiger partial charge is 0.215 e. The number of guanidine groups is 1. The van der Waals surface area contributed by atoms with Crippen LogP contribution in [-0.2, 0) is 35.9 Å². The van der Waals surface area contributed by atoms with E-state index in [1.54, 1.807) is 16.8 Å². The highest BCUT2D eigenvalue weighted by Gasteiger charge is 2.08. The van der Waals surface area contributed by atoms with Crippen molar-refractivity contribution in [3.8, 4) is 0 Å². The predicted molar refractivity (Wildman–Crippen MR) is 101 cm³/mol. The second-order valence-corrected chi connectivity index (χ2v) is 7.55. The van der Waals surface area contributed by atoms with E-state index in [2.05, 4.69) is 30.4 Å². The summed E-state index contributed by atoms with van der Waals surface area (Å²) in [6, 6.07) is 7.38. The van der Waals surface area contributed by atoms with Crippen molar-refractivity contribution in [1.29, 1.82) is 0 Å². The lowest BCUT2D eigenvalue weighted by atomic mass is 10.1. The van der Waals surface area contributed by atoms with Crippen molar-refractivity contribution in [3.05, 3.63) is 47.5 Å². The molecule has 0 spiro atoms. The van der Waals surface area contributed by atoms with Crippen molar-refractivity contribution in [2.24, 2.45) is 12.0 Å². The van der Waals surface area contributed by atoms with Crippen LogP contribution < -0.4 is 15.4 Å². The van der Waals surface area contributed by atoms with Gasteiger partial charge in [0, 0.05) is 13.6 Å². The fraction of sp³-hybridized carbons (Fsp3) is 0.438. The molecule has 2 aromatic rings. The van der Waals surface area contributed by atoms with Gasteiger partial charge in [-0.3, -0.25) is 4.68 Å². The second kappa shape index (κ2) is 9.30. The first kappa shape index (κ1) is 19.9. The number of aromatic nitrogens is 3. The molecule has 26 heavy (non-hydrogen) atoms. The van der Waals surface area contributed by atoms with Crippen molar-refractivity contribution in [2.45, 2.75) is 25.8 Å². The van der Waals surface area contributed by atoms with Gasteiger partial charge < -0.3 is 10.6 Å². The first-order chi connectivity index (χ1) is 12.4. The van der Waals surface area contributed by atoms with E-state index in [0.29, 0.717) is 19.0 Å². The molecule has 9 nitrogen and oxygen atoms in total. The quantitative estimate of drug-likeness (QED) is 0.443. The number of hydrogen-bond donors (Lipinski definition) is 3. The van der Waals surface area contributed by atoms with Crippen LogP contribution in [0.15, 0.2) is 35.6 Å². The average molecular weight is 379 g/mol. The number of aliphatic imine (C=N–C) groups is 1. The normalized spacial score (nSPS) is 12.2. The van der Waals surface area contributed by atoms with E-state index in [9.17, 15) is 8.42 Å². The van der Waals surface area contributed by atoms with E-state index in [1.165, 1.54) is 13.4 Å². The summed E-state index contributed by atoms with van der Waals surface area (Å²) in [6.45, 7) is 3.73. The summed E-state index contributed by atoms with van der Waals surface area (Å²) in [5.74, 6) is 1.46. The fourth-order valence-corrected chi connectivity index (χ4v) is 2.96. The number of sulfonamides is 1. The standard InChI is InChI=1S/C16H25N7O2S/c1-4-18-16(20-10-15-21-12-22-23(15)3)19-9-13-5-7-14(8-6-13)11-26(24,25)17-2/h5-8,12,17H,4,9-11H2,1-3H3,(H2,18,19,20). The molecule has 0 atom stereocenters. The molecule has 0 aliphatic heterocycles. The van der Waals surface area contributed by atoms with E-state index in [-0.39, 0.29) is 5.75 Å². The molecular weight excluding hydrogens is 354 g/mol. The van der Waals surface area contributed by atoms with Crippen molar-refractivity contribution >= 4 is 16.0 Å². The van der Waals surface area contributed by atoms with Gasteiger partial charge in [-0.1, -0.05) is 24.3 Å². The van der Waals surface area contributed by atoms with Crippen molar-refractivity contribution in [2.75, 3.05) is 13.6 Å². The van der Waals surface area contributed by atoms with Gasteiger partial charge >= 0.3 is 0 Å². The van der Waals surface area contributed by atoms with E-state index >= 15 is 0 Å². The van der Waals surface area contributed by atoms with Crippen LogP contribution in [0.2, 0.25) is 0 Å². The molecule has 2 rings (SSSR count). The molecule has 1 aromatic carbocycles. The Kier molecular flexibility index (Phi) is 7.10. The average Bonchev–Trinajstić information content (AvgIpc) is 3.03. The Hall–Kier alpha value is -2.46. The summed E-state index contributed by atoms with van der Waals surface area (Å²) >= 11 is 0. The molecule has 142 valence electrons. The Morgan fingerprint density at radius 1 is 1.19 bits per heavy atom. The molecule has 0 saturated carbocycles. The van der Waals surface area contributed by atoms with Gasteiger partial charge in [-0.25, -0.2) is 23.1 Å². The van der Waals surface area contributed by atoms with Crippen molar-refractivity contribution in [3.63, 3.8) is 0 Å². The third-order valence-corrected chi connectivity index (χ3v) is 5.01. The number of benzene rings is 1. The van der Waals surface area contributed by atoms with Gasteiger partial charge in [0.2, 0.25) is 10.0 Å². The Labute approximate surface area is 154 Å². The topological polar surface area (TPSA) is 113 Å². The summed E-state index contributed by atoms with van der Waals surface area (Å²) in [5.41, 5.74) is 1.73. The van der Waals surface area contributed by atoms with Gasteiger partial charge in [0.1, 0.15) is 12.2 Å².